The molecular formula is C20H27N3O2. The molecule has 2 amide bonds. The van der Waals surface area contributed by atoms with Crippen molar-refractivity contribution in [2.45, 2.75) is 19.9 Å². The lowest BCUT2D eigenvalue weighted by Gasteiger charge is -2.25. The first-order valence-electron chi connectivity index (χ1n) is 8.32. The number of benzene rings is 2. The first-order valence-corrected chi connectivity index (χ1v) is 8.32. The standard InChI is InChI=1S/C20H27N3O2/c1-14-10-15(2)12-17(11-14)22-20(24)21-13-19(23(3)4)16-6-8-18(25-5)9-7-16/h6-12,19H,13H2,1-5H3,(H2,21,22,24). The van der Waals surface area contributed by atoms with Crippen molar-refractivity contribution in [3.63, 3.8) is 0 Å². The fourth-order valence-electron chi connectivity index (χ4n) is 2.84. The van der Waals surface area contributed by atoms with Gasteiger partial charge in [-0.3, -0.25) is 0 Å². The minimum absolute atomic E-state index is 0.0795. The molecule has 0 radical (unpaired) electrons. The van der Waals surface area contributed by atoms with Gasteiger partial charge in [0.05, 0.1) is 13.2 Å². The van der Waals surface area contributed by atoms with Gasteiger partial charge in [0, 0.05) is 12.2 Å². The Balaban J connectivity index is 1.99. The van der Waals surface area contributed by atoms with Crippen LogP contribution >= 0.6 is 0 Å². The fourth-order valence-corrected chi connectivity index (χ4v) is 2.84. The fraction of sp³-hybridized carbons (Fsp3) is 0.350. The largest absolute Gasteiger partial charge is 0.497 e. The maximum absolute atomic E-state index is 12.2. The van der Waals surface area contributed by atoms with Crippen molar-refractivity contribution >= 4 is 11.7 Å². The van der Waals surface area contributed by atoms with Gasteiger partial charge in [0.25, 0.3) is 0 Å². The number of methoxy groups -OCH3 is 1. The zero-order valence-electron chi connectivity index (χ0n) is 15.6. The molecule has 0 aliphatic rings. The number of ether oxygens (including phenoxy) is 1. The number of hydrogen-bond acceptors (Lipinski definition) is 3. The molecule has 0 heterocycles. The van der Waals surface area contributed by atoms with E-state index >= 15 is 0 Å². The number of urea groups is 1. The normalized spacial score (nSPS) is 11.9. The van der Waals surface area contributed by atoms with E-state index in [0.717, 1.165) is 28.1 Å². The summed E-state index contributed by atoms with van der Waals surface area (Å²) in [6, 6.07) is 13.8. The molecule has 2 rings (SSSR count). The Morgan fingerprint density at radius 2 is 1.68 bits per heavy atom. The highest BCUT2D eigenvalue weighted by atomic mass is 16.5. The molecule has 0 saturated heterocycles. The van der Waals surface area contributed by atoms with Crippen LogP contribution in [0.2, 0.25) is 0 Å². The Morgan fingerprint density at radius 3 is 2.20 bits per heavy atom. The van der Waals surface area contributed by atoms with E-state index in [1.807, 2.05) is 64.3 Å². The molecule has 5 nitrogen and oxygen atoms in total. The van der Waals surface area contributed by atoms with Gasteiger partial charge in [-0.1, -0.05) is 18.2 Å². The Morgan fingerprint density at radius 1 is 1.08 bits per heavy atom. The minimum Gasteiger partial charge on any atom is -0.497 e. The van der Waals surface area contributed by atoms with Gasteiger partial charge in [-0.25, -0.2) is 4.79 Å². The van der Waals surface area contributed by atoms with Crippen molar-refractivity contribution < 1.29 is 9.53 Å². The minimum atomic E-state index is -0.203. The molecule has 2 aromatic carbocycles. The van der Waals surface area contributed by atoms with E-state index in [-0.39, 0.29) is 12.1 Å². The van der Waals surface area contributed by atoms with Gasteiger partial charge in [-0.15, -0.1) is 0 Å². The predicted octanol–water partition coefficient (Wildman–Crippen LogP) is 3.74. The SMILES string of the molecule is COc1ccc(C(CNC(=O)Nc2cc(C)cc(C)c2)N(C)C)cc1. The Bertz CT molecular complexity index is 691. The second kappa shape index (κ2) is 8.53. The zero-order chi connectivity index (χ0) is 18.4. The average Bonchev–Trinajstić information content (AvgIpc) is 2.54. The molecule has 0 aliphatic carbocycles. The maximum Gasteiger partial charge on any atom is 0.319 e. The van der Waals surface area contributed by atoms with Crippen molar-refractivity contribution in [2.24, 2.45) is 0 Å². The van der Waals surface area contributed by atoms with E-state index in [1.165, 1.54) is 0 Å². The number of likely N-dealkylation sites (N-methyl/N-ethyl adjacent to an activating group) is 1. The van der Waals surface area contributed by atoms with E-state index in [1.54, 1.807) is 7.11 Å². The number of aryl methyl sites for hydroxylation is 2. The van der Waals surface area contributed by atoms with Crippen molar-refractivity contribution in [2.75, 3.05) is 33.1 Å². The number of amides is 2. The van der Waals surface area contributed by atoms with E-state index in [4.69, 9.17) is 4.74 Å². The number of nitrogens with zero attached hydrogens (tertiary/aromatic N) is 1. The van der Waals surface area contributed by atoms with Crippen LogP contribution in [-0.2, 0) is 0 Å². The Labute approximate surface area is 150 Å². The molecule has 134 valence electrons. The molecule has 2 aromatic rings. The average molecular weight is 341 g/mol. The second-order valence-electron chi connectivity index (χ2n) is 6.46. The number of anilines is 1. The van der Waals surface area contributed by atoms with Crippen LogP contribution in [0.3, 0.4) is 0 Å². The van der Waals surface area contributed by atoms with Crippen LogP contribution in [0.5, 0.6) is 5.75 Å². The summed E-state index contributed by atoms with van der Waals surface area (Å²) in [7, 11) is 5.65. The van der Waals surface area contributed by atoms with E-state index in [2.05, 4.69) is 21.6 Å². The summed E-state index contributed by atoms with van der Waals surface area (Å²) in [5.41, 5.74) is 4.18. The number of nitrogens with one attached hydrogen (secondary N) is 2. The molecule has 1 atom stereocenters. The number of carbonyl (C=O) groups excluding carboxylic acids is 1. The third kappa shape index (κ3) is 5.50. The molecule has 2 N–H and O–H groups in total. The monoisotopic (exact) mass is 341 g/mol. The first kappa shape index (κ1) is 18.8. The molecular weight excluding hydrogens is 314 g/mol. The summed E-state index contributed by atoms with van der Waals surface area (Å²) in [5, 5.41) is 5.85. The van der Waals surface area contributed by atoms with Gasteiger partial charge in [0.15, 0.2) is 0 Å². The lowest BCUT2D eigenvalue weighted by molar-refractivity contribution is 0.243. The van der Waals surface area contributed by atoms with Crippen molar-refractivity contribution in [3.05, 3.63) is 59.2 Å². The predicted molar refractivity (Wildman–Crippen MR) is 102 cm³/mol. The molecule has 0 fully saturated rings. The topological polar surface area (TPSA) is 53.6 Å². The number of hydrogen-bond donors (Lipinski definition) is 2. The third-order valence-electron chi connectivity index (χ3n) is 4.06. The molecule has 25 heavy (non-hydrogen) atoms. The molecule has 0 aliphatic heterocycles. The Hall–Kier alpha value is -2.53. The summed E-state index contributed by atoms with van der Waals surface area (Å²) < 4.78 is 5.20. The molecule has 0 saturated carbocycles. The van der Waals surface area contributed by atoms with Crippen LogP contribution in [0.15, 0.2) is 42.5 Å². The lowest BCUT2D eigenvalue weighted by Crippen LogP contribution is -2.36. The quantitative estimate of drug-likeness (QED) is 0.842. The summed E-state index contributed by atoms with van der Waals surface area (Å²) >= 11 is 0. The summed E-state index contributed by atoms with van der Waals surface area (Å²) in [6.07, 6.45) is 0. The number of carbonyl (C=O) groups is 1. The van der Waals surface area contributed by atoms with Crippen LogP contribution < -0.4 is 15.4 Å². The van der Waals surface area contributed by atoms with Crippen LogP contribution in [0.25, 0.3) is 0 Å². The van der Waals surface area contributed by atoms with Gasteiger partial charge in [0.2, 0.25) is 0 Å². The van der Waals surface area contributed by atoms with Crippen molar-refractivity contribution in [3.8, 4) is 5.75 Å². The van der Waals surface area contributed by atoms with Crippen LogP contribution in [-0.4, -0.2) is 38.7 Å². The smallest absolute Gasteiger partial charge is 0.319 e. The Kier molecular flexibility index (Phi) is 6.42. The summed E-state index contributed by atoms with van der Waals surface area (Å²) in [6.45, 7) is 4.54. The van der Waals surface area contributed by atoms with Gasteiger partial charge in [-0.05, 0) is 68.9 Å². The van der Waals surface area contributed by atoms with Crippen molar-refractivity contribution in [1.29, 1.82) is 0 Å². The highest BCUT2D eigenvalue weighted by molar-refractivity contribution is 5.89. The highest BCUT2D eigenvalue weighted by Gasteiger charge is 2.15. The van der Waals surface area contributed by atoms with Crippen molar-refractivity contribution in [1.82, 2.24) is 10.2 Å². The summed E-state index contributed by atoms with van der Waals surface area (Å²) in [4.78, 5) is 14.3. The van der Waals surface area contributed by atoms with Gasteiger partial charge < -0.3 is 20.3 Å². The van der Waals surface area contributed by atoms with Gasteiger partial charge >= 0.3 is 6.03 Å². The highest BCUT2D eigenvalue weighted by Crippen LogP contribution is 2.21. The molecule has 5 heteroatoms. The van der Waals surface area contributed by atoms with Gasteiger partial charge in [-0.2, -0.15) is 0 Å². The lowest BCUT2D eigenvalue weighted by atomic mass is 10.1. The van der Waals surface area contributed by atoms with Crippen LogP contribution in [0.1, 0.15) is 22.7 Å². The second-order valence-corrected chi connectivity index (χ2v) is 6.46. The molecule has 0 spiro atoms. The van der Waals surface area contributed by atoms with E-state index in [9.17, 15) is 4.79 Å². The zero-order valence-corrected chi connectivity index (χ0v) is 15.6. The molecule has 0 bridgehead atoms. The summed E-state index contributed by atoms with van der Waals surface area (Å²) in [5.74, 6) is 0.821. The molecule has 1 unspecified atom stereocenters. The maximum atomic E-state index is 12.2. The molecule has 0 aromatic heterocycles. The number of rotatable bonds is 6. The van der Waals surface area contributed by atoms with E-state index in [0.29, 0.717) is 6.54 Å². The van der Waals surface area contributed by atoms with Crippen LogP contribution in [0, 0.1) is 13.8 Å². The third-order valence-corrected chi connectivity index (χ3v) is 4.06. The first-order chi connectivity index (χ1) is 11.9. The van der Waals surface area contributed by atoms with Crippen LogP contribution in [0.4, 0.5) is 10.5 Å². The van der Waals surface area contributed by atoms with Gasteiger partial charge in [0.1, 0.15) is 5.75 Å². The van der Waals surface area contributed by atoms with E-state index < -0.39 is 0 Å².